The Bertz CT molecular complexity index is 2810. The van der Waals surface area contributed by atoms with Crippen LogP contribution < -0.4 is 10.2 Å². The number of rotatable bonds is 12. The molecular weight excluding hydrogens is 876 g/mol. The summed E-state index contributed by atoms with van der Waals surface area (Å²) in [7, 11) is 2.73. The van der Waals surface area contributed by atoms with E-state index in [-0.39, 0.29) is 53.6 Å². The minimum atomic E-state index is -1.14. The van der Waals surface area contributed by atoms with Crippen molar-refractivity contribution < 1.29 is 33.4 Å². The summed E-state index contributed by atoms with van der Waals surface area (Å²) in [5.74, 6) is 0.337. The van der Waals surface area contributed by atoms with Gasteiger partial charge in [0.15, 0.2) is 0 Å². The average Bonchev–Trinajstić information content (AvgIpc) is 4.17. The number of thiazole rings is 1. The van der Waals surface area contributed by atoms with Crippen molar-refractivity contribution in [3.05, 3.63) is 95.5 Å². The smallest absolute Gasteiger partial charge is 0.407 e. The van der Waals surface area contributed by atoms with Crippen molar-refractivity contribution >= 4 is 62.4 Å². The highest BCUT2D eigenvalue weighted by atomic mass is 32.1. The third-order valence-corrected chi connectivity index (χ3v) is 14.8. The van der Waals surface area contributed by atoms with Gasteiger partial charge in [0.05, 0.1) is 59.5 Å². The number of carboxylic acid groups (broad SMARTS) is 1. The topological polar surface area (TPSA) is 193 Å². The summed E-state index contributed by atoms with van der Waals surface area (Å²) in [6.45, 7) is 8.60. The molecule has 0 radical (unpaired) electrons. The lowest BCUT2D eigenvalue weighted by Gasteiger charge is -2.33. The fourth-order valence-corrected chi connectivity index (χ4v) is 11.4. The summed E-state index contributed by atoms with van der Waals surface area (Å²) in [5.41, 5.74) is 6.29. The fourth-order valence-electron chi connectivity index (χ4n) is 10.4. The van der Waals surface area contributed by atoms with Crippen LogP contribution >= 0.6 is 11.3 Å². The van der Waals surface area contributed by atoms with Crippen molar-refractivity contribution in [2.24, 2.45) is 11.8 Å². The number of hydrogen-bond donors (Lipinski definition) is 4. The number of likely N-dealkylation sites (N-methyl/N-ethyl adjacent to an activating group) is 1. The largest absolute Gasteiger partial charge is 0.465 e. The van der Waals surface area contributed by atoms with Gasteiger partial charge in [-0.05, 0) is 110 Å². The van der Waals surface area contributed by atoms with Gasteiger partial charge in [0, 0.05) is 25.7 Å². The van der Waals surface area contributed by atoms with Crippen molar-refractivity contribution in [2.75, 3.05) is 32.1 Å². The SMILES string of the molecule is COC(=O)N[C@H](C(=O)N1CCC[C@H]1c1nc2ccc([C@H]3CC[C@H](c4ccc5nc([C@@H]6CCCN6C(=O)[C@H](C(C)C)N(C)C(=O)O)[nH]c5c4)N3c3cnc(-c4ccc(F)cc4)s3)cc2[nH]1)C(C)C. The molecule has 9 rings (SSSR count). The van der Waals surface area contributed by atoms with E-state index < -0.39 is 24.3 Å². The Kier molecular flexibility index (Phi) is 12.7. The van der Waals surface area contributed by atoms with E-state index in [0.717, 1.165) is 85.8 Å². The minimum absolute atomic E-state index is 0.0488. The number of carbonyl (C=O) groups excluding carboxylic acids is 3. The molecule has 3 aromatic carbocycles. The van der Waals surface area contributed by atoms with Gasteiger partial charge in [-0.3, -0.25) is 14.5 Å². The van der Waals surface area contributed by atoms with E-state index >= 15 is 0 Å². The molecule has 67 heavy (non-hydrogen) atoms. The van der Waals surface area contributed by atoms with E-state index in [2.05, 4.69) is 44.5 Å². The zero-order valence-electron chi connectivity index (χ0n) is 38.5. The molecule has 6 atom stereocenters. The molecule has 0 spiro atoms. The Morgan fingerprint density at radius 3 is 1.85 bits per heavy atom. The molecular formula is C49H57FN10O6S. The van der Waals surface area contributed by atoms with Crippen LogP contribution in [0.1, 0.15) is 113 Å². The van der Waals surface area contributed by atoms with Crippen LogP contribution in [0.2, 0.25) is 0 Å². The number of halogens is 1. The zero-order chi connectivity index (χ0) is 47.3. The number of amides is 4. The lowest BCUT2D eigenvalue weighted by molar-refractivity contribution is -0.138. The van der Waals surface area contributed by atoms with E-state index in [0.29, 0.717) is 31.2 Å². The van der Waals surface area contributed by atoms with Crippen LogP contribution in [0.4, 0.5) is 19.0 Å². The van der Waals surface area contributed by atoms with Crippen molar-refractivity contribution in [2.45, 2.75) is 102 Å². The molecule has 3 aliphatic heterocycles. The number of ether oxygens (including phenoxy) is 1. The van der Waals surface area contributed by atoms with Gasteiger partial charge < -0.3 is 39.8 Å². The minimum Gasteiger partial charge on any atom is -0.465 e. The first-order chi connectivity index (χ1) is 32.2. The number of imidazole rings is 2. The summed E-state index contributed by atoms with van der Waals surface area (Å²) < 4.78 is 18.8. The third-order valence-electron chi connectivity index (χ3n) is 13.7. The number of aromatic amines is 2. The van der Waals surface area contributed by atoms with E-state index in [1.54, 1.807) is 28.4 Å². The van der Waals surface area contributed by atoms with Gasteiger partial charge in [0.25, 0.3) is 0 Å². The first kappa shape index (κ1) is 45.6. The molecule has 18 heteroatoms. The summed E-state index contributed by atoms with van der Waals surface area (Å²) in [6, 6.07) is 16.7. The lowest BCUT2D eigenvalue weighted by atomic mass is 10.0. The summed E-state index contributed by atoms with van der Waals surface area (Å²) >= 11 is 1.56. The lowest BCUT2D eigenvalue weighted by Crippen LogP contribution is -2.51. The molecule has 0 saturated carbocycles. The van der Waals surface area contributed by atoms with Gasteiger partial charge >= 0.3 is 12.2 Å². The molecule has 352 valence electrons. The molecule has 0 bridgehead atoms. The number of hydrogen-bond acceptors (Lipinski definition) is 10. The highest BCUT2D eigenvalue weighted by Gasteiger charge is 2.42. The van der Waals surface area contributed by atoms with Crippen molar-refractivity contribution in [1.82, 2.24) is 44.9 Å². The third kappa shape index (κ3) is 8.78. The number of benzene rings is 3. The first-order valence-corrected chi connectivity index (χ1v) is 23.9. The number of anilines is 1. The predicted octanol–water partition coefficient (Wildman–Crippen LogP) is 9.13. The van der Waals surface area contributed by atoms with Gasteiger partial charge in [-0.1, -0.05) is 51.2 Å². The maximum atomic E-state index is 14.0. The van der Waals surface area contributed by atoms with E-state index in [4.69, 9.17) is 19.7 Å². The highest BCUT2D eigenvalue weighted by molar-refractivity contribution is 7.18. The van der Waals surface area contributed by atoms with Crippen molar-refractivity contribution in [3.8, 4) is 10.6 Å². The average molecular weight is 933 g/mol. The second-order valence-electron chi connectivity index (χ2n) is 18.6. The van der Waals surface area contributed by atoms with Gasteiger partial charge in [0.2, 0.25) is 11.8 Å². The number of methoxy groups -OCH3 is 1. The number of fused-ring (bicyclic) bond motifs is 2. The standard InChI is InChI=1S/C49H57FN10O6S/c1-26(2)41(56-48(63)66-6)46(61)58-21-7-9-38(58)43-52-32-17-13-29(23-34(32)54-43)36-19-20-37(60(36)40-25-51-45(67-40)28-11-15-31(50)16-12-28)30-14-18-33-35(24-30)55-44(53-33)39-10-8-22-59(39)47(62)42(27(3)4)57(5)49(64)65/h11-18,23-27,36-39,41-42H,7-10,19-22H2,1-6H3,(H,52,54)(H,53,55)(H,56,63)(H,64,65)/t36-,37-,38+,39+,41+,42+/m1/s1. The summed E-state index contributed by atoms with van der Waals surface area (Å²) in [5, 5.41) is 14.2. The zero-order valence-corrected chi connectivity index (χ0v) is 39.3. The molecule has 6 heterocycles. The van der Waals surface area contributed by atoms with Crippen LogP contribution in [0.25, 0.3) is 32.6 Å². The predicted molar refractivity (Wildman–Crippen MR) is 253 cm³/mol. The number of carbonyl (C=O) groups is 4. The monoisotopic (exact) mass is 932 g/mol. The molecule has 4 amide bonds. The second-order valence-corrected chi connectivity index (χ2v) is 19.7. The van der Waals surface area contributed by atoms with E-state index in [9.17, 15) is 28.7 Å². The quantitative estimate of drug-likeness (QED) is 0.0920. The molecule has 3 saturated heterocycles. The fraction of sp³-hybridized carbons (Fsp3) is 0.449. The maximum Gasteiger partial charge on any atom is 0.407 e. The maximum absolute atomic E-state index is 14.0. The molecule has 3 fully saturated rings. The normalized spacial score (nSPS) is 20.6. The Labute approximate surface area is 391 Å². The molecule has 3 aliphatic rings. The first-order valence-electron chi connectivity index (χ1n) is 23.1. The Morgan fingerprint density at radius 2 is 1.34 bits per heavy atom. The molecule has 3 aromatic heterocycles. The van der Waals surface area contributed by atoms with E-state index in [1.807, 2.05) is 50.9 Å². The number of H-pyrrole nitrogens is 2. The Hall–Kier alpha value is -6.56. The van der Waals surface area contributed by atoms with Gasteiger partial charge in [-0.25, -0.2) is 28.9 Å². The van der Waals surface area contributed by atoms with Crippen LogP contribution in [0.5, 0.6) is 0 Å². The van der Waals surface area contributed by atoms with Crippen LogP contribution in [0.15, 0.2) is 66.9 Å². The number of nitrogens with zero attached hydrogens (tertiary/aromatic N) is 7. The molecule has 16 nitrogen and oxygen atoms in total. The molecule has 0 unspecified atom stereocenters. The summed E-state index contributed by atoms with van der Waals surface area (Å²) in [4.78, 5) is 81.0. The van der Waals surface area contributed by atoms with E-state index in [1.165, 1.54) is 26.3 Å². The van der Waals surface area contributed by atoms with Gasteiger partial charge in [0.1, 0.15) is 39.6 Å². The van der Waals surface area contributed by atoms with Crippen LogP contribution in [-0.4, -0.2) is 108 Å². The highest BCUT2D eigenvalue weighted by Crippen LogP contribution is 2.50. The van der Waals surface area contributed by atoms with Gasteiger partial charge in [-0.15, -0.1) is 0 Å². The van der Waals surface area contributed by atoms with Gasteiger partial charge in [-0.2, -0.15) is 0 Å². The Morgan fingerprint density at radius 1 is 0.791 bits per heavy atom. The number of nitrogens with one attached hydrogen (secondary N) is 3. The van der Waals surface area contributed by atoms with Crippen LogP contribution in [-0.2, 0) is 14.3 Å². The molecule has 6 aromatic rings. The summed E-state index contributed by atoms with van der Waals surface area (Å²) in [6.07, 6.45) is 4.83. The van der Waals surface area contributed by atoms with Crippen molar-refractivity contribution in [1.29, 1.82) is 0 Å². The van der Waals surface area contributed by atoms with Crippen LogP contribution in [0.3, 0.4) is 0 Å². The number of likely N-dealkylation sites (tertiary alicyclic amines) is 2. The number of alkyl carbamates (subject to hydrolysis) is 1. The van der Waals surface area contributed by atoms with Crippen molar-refractivity contribution in [3.63, 3.8) is 0 Å². The molecule has 4 N–H and O–H groups in total. The molecule has 0 aliphatic carbocycles. The van der Waals surface area contributed by atoms with Crippen LogP contribution in [0, 0.1) is 17.7 Å². The second kappa shape index (κ2) is 18.6. The number of aromatic nitrogens is 5. The Balaban J connectivity index is 1.02.